The van der Waals surface area contributed by atoms with Crippen LogP contribution in [0, 0.1) is 5.41 Å². The highest BCUT2D eigenvalue weighted by atomic mass is 32.2. The van der Waals surface area contributed by atoms with Crippen molar-refractivity contribution in [3.05, 3.63) is 0 Å². The van der Waals surface area contributed by atoms with E-state index in [1.165, 1.54) is 19.1 Å². The first kappa shape index (κ1) is 17.2. The van der Waals surface area contributed by atoms with E-state index in [0.717, 1.165) is 32.4 Å². The highest BCUT2D eigenvalue weighted by Crippen LogP contribution is 2.50. The zero-order valence-electron chi connectivity index (χ0n) is 14.6. The van der Waals surface area contributed by atoms with Gasteiger partial charge in [0.25, 0.3) is 0 Å². The van der Waals surface area contributed by atoms with Crippen LogP contribution in [0.4, 0.5) is 0 Å². The number of likely N-dealkylation sites (tertiary alicyclic amines) is 1. The average molecular weight is 343 g/mol. The van der Waals surface area contributed by atoms with Crippen LogP contribution in [0.3, 0.4) is 0 Å². The molecule has 1 aliphatic carbocycles. The third kappa shape index (κ3) is 3.90. The van der Waals surface area contributed by atoms with Gasteiger partial charge in [-0.1, -0.05) is 0 Å². The SMILES string of the molecule is CC(C)N1C2CCC1CN(C(=O)CC1(CS(C)(=O)=O)CC1)CC2. The van der Waals surface area contributed by atoms with Gasteiger partial charge in [-0.2, -0.15) is 0 Å². The standard InChI is InChI=1S/C17H30N2O3S/c1-13(2)19-14-4-5-15(19)11-18(9-6-14)16(20)10-17(7-8-17)12-23(3,21)22/h13-15H,4-12H2,1-3H3. The second kappa shape index (κ2) is 6.03. The van der Waals surface area contributed by atoms with Crippen molar-refractivity contribution in [2.75, 3.05) is 25.1 Å². The first-order chi connectivity index (χ1) is 10.7. The zero-order valence-corrected chi connectivity index (χ0v) is 15.4. The number of sulfone groups is 1. The largest absolute Gasteiger partial charge is 0.341 e. The van der Waals surface area contributed by atoms with Gasteiger partial charge in [0.2, 0.25) is 5.91 Å². The first-order valence-electron chi connectivity index (χ1n) is 8.92. The predicted molar refractivity (Wildman–Crippen MR) is 91.0 cm³/mol. The Hall–Kier alpha value is -0.620. The van der Waals surface area contributed by atoms with E-state index in [1.54, 1.807) is 0 Å². The van der Waals surface area contributed by atoms with E-state index in [4.69, 9.17) is 0 Å². The summed E-state index contributed by atoms with van der Waals surface area (Å²) in [7, 11) is -3.01. The molecule has 132 valence electrons. The summed E-state index contributed by atoms with van der Waals surface area (Å²) in [6.07, 6.45) is 6.94. The van der Waals surface area contributed by atoms with Crippen LogP contribution in [0.2, 0.25) is 0 Å². The van der Waals surface area contributed by atoms with Crippen LogP contribution in [-0.2, 0) is 14.6 Å². The molecule has 1 saturated carbocycles. The fourth-order valence-electron chi connectivity index (χ4n) is 4.72. The molecule has 3 fully saturated rings. The molecule has 0 aromatic carbocycles. The van der Waals surface area contributed by atoms with Crippen molar-refractivity contribution in [1.82, 2.24) is 9.80 Å². The lowest BCUT2D eigenvalue weighted by Gasteiger charge is -2.32. The highest BCUT2D eigenvalue weighted by Gasteiger charge is 2.48. The van der Waals surface area contributed by atoms with Crippen LogP contribution >= 0.6 is 0 Å². The Morgan fingerprint density at radius 2 is 1.83 bits per heavy atom. The Balaban J connectivity index is 1.63. The molecule has 5 nitrogen and oxygen atoms in total. The van der Waals surface area contributed by atoms with E-state index < -0.39 is 9.84 Å². The third-order valence-corrected chi connectivity index (χ3v) is 6.98. The third-order valence-electron chi connectivity index (χ3n) is 5.84. The van der Waals surface area contributed by atoms with Gasteiger partial charge in [0.1, 0.15) is 9.84 Å². The summed E-state index contributed by atoms with van der Waals surface area (Å²) in [6.45, 7) is 6.14. The molecular weight excluding hydrogens is 312 g/mol. The number of carbonyl (C=O) groups excluding carboxylic acids is 1. The van der Waals surface area contributed by atoms with Crippen LogP contribution in [-0.4, -0.2) is 67.3 Å². The van der Waals surface area contributed by atoms with Crippen molar-refractivity contribution in [1.29, 1.82) is 0 Å². The normalized spacial score (nSPS) is 30.5. The molecule has 0 radical (unpaired) electrons. The minimum Gasteiger partial charge on any atom is -0.341 e. The number of nitrogens with zero attached hydrogens (tertiary/aromatic N) is 2. The van der Waals surface area contributed by atoms with E-state index >= 15 is 0 Å². The Morgan fingerprint density at radius 1 is 1.17 bits per heavy atom. The van der Waals surface area contributed by atoms with Gasteiger partial charge in [0, 0.05) is 43.9 Å². The summed E-state index contributed by atoms with van der Waals surface area (Å²) in [5.74, 6) is 0.339. The van der Waals surface area contributed by atoms with E-state index in [1.807, 2.05) is 4.90 Å². The minimum absolute atomic E-state index is 0.169. The molecule has 2 unspecified atom stereocenters. The lowest BCUT2D eigenvalue weighted by molar-refractivity contribution is -0.132. The second-order valence-electron chi connectivity index (χ2n) is 8.30. The Labute approximate surface area is 140 Å². The monoisotopic (exact) mass is 342 g/mol. The Kier molecular flexibility index (Phi) is 4.51. The van der Waals surface area contributed by atoms with Gasteiger partial charge in [-0.25, -0.2) is 8.42 Å². The van der Waals surface area contributed by atoms with Crippen molar-refractivity contribution in [3.63, 3.8) is 0 Å². The molecule has 0 N–H and O–H groups in total. The van der Waals surface area contributed by atoms with Crippen molar-refractivity contribution in [3.8, 4) is 0 Å². The Bertz CT molecular complexity index is 568. The zero-order chi connectivity index (χ0) is 16.8. The highest BCUT2D eigenvalue weighted by molar-refractivity contribution is 7.90. The number of amides is 1. The van der Waals surface area contributed by atoms with Crippen LogP contribution < -0.4 is 0 Å². The van der Waals surface area contributed by atoms with Crippen molar-refractivity contribution in [2.24, 2.45) is 5.41 Å². The number of carbonyl (C=O) groups is 1. The summed E-state index contributed by atoms with van der Waals surface area (Å²) in [5, 5.41) is 0. The quantitative estimate of drug-likeness (QED) is 0.763. The average Bonchev–Trinajstić information content (AvgIpc) is 3.02. The lowest BCUT2D eigenvalue weighted by Crippen LogP contribution is -2.44. The smallest absolute Gasteiger partial charge is 0.223 e. The number of fused-ring (bicyclic) bond motifs is 2. The molecule has 0 aromatic rings. The molecule has 0 aromatic heterocycles. The van der Waals surface area contributed by atoms with Crippen LogP contribution in [0.25, 0.3) is 0 Å². The van der Waals surface area contributed by atoms with Gasteiger partial charge in [0.15, 0.2) is 0 Å². The van der Waals surface area contributed by atoms with E-state index in [9.17, 15) is 13.2 Å². The molecule has 2 heterocycles. The molecule has 2 saturated heterocycles. The Morgan fingerprint density at radius 3 is 2.39 bits per heavy atom. The topological polar surface area (TPSA) is 57.7 Å². The van der Waals surface area contributed by atoms with Crippen LogP contribution in [0.5, 0.6) is 0 Å². The summed E-state index contributed by atoms with van der Waals surface area (Å²) >= 11 is 0. The number of hydrogen-bond acceptors (Lipinski definition) is 4. The number of rotatable bonds is 5. The maximum Gasteiger partial charge on any atom is 0.223 e. The fourth-order valence-corrected chi connectivity index (χ4v) is 6.22. The molecule has 6 heteroatoms. The molecule has 2 atom stereocenters. The molecule has 2 bridgehead atoms. The van der Waals surface area contributed by atoms with Crippen LogP contribution in [0.15, 0.2) is 0 Å². The summed E-state index contributed by atoms with van der Waals surface area (Å²) in [6, 6.07) is 1.63. The van der Waals surface area contributed by atoms with Crippen molar-refractivity contribution >= 4 is 15.7 Å². The molecular formula is C17H30N2O3S. The van der Waals surface area contributed by atoms with Gasteiger partial charge >= 0.3 is 0 Å². The lowest BCUT2D eigenvalue weighted by atomic mass is 10.0. The van der Waals surface area contributed by atoms with E-state index in [0.29, 0.717) is 24.5 Å². The van der Waals surface area contributed by atoms with E-state index in [2.05, 4.69) is 18.7 Å². The van der Waals surface area contributed by atoms with Gasteiger partial charge in [-0.05, 0) is 51.4 Å². The molecule has 3 rings (SSSR count). The van der Waals surface area contributed by atoms with E-state index in [-0.39, 0.29) is 17.1 Å². The molecule has 3 aliphatic rings. The van der Waals surface area contributed by atoms with Crippen molar-refractivity contribution < 1.29 is 13.2 Å². The fraction of sp³-hybridized carbons (Fsp3) is 0.941. The molecule has 0 spiro atoms. The van der Waals surface area contributed by atoms with Gasteiger partial charge in [-0.3, -0.25) is 9.69 Å². The molecule has 23 heavy (non-hydrogen) atoms. The number of hydrogen-bond donors (Lipinski definition) is 0. The maximum absolute atomic E-state index is 12.8. The van der Waals surface area contributed by atoms with Gasteiger partial charge in [0.05, 0.1) is 5.75 Å². The van der Waals surface area contributed by atoms with Crippen molar-refractivity contribution in [2.45, 2.75) is 70.5 Å². The molecule has 2 aliphatic heterocycles. The van der Waals surface area contributed by atoms with Gasteiger partial charge in [-0.15, -0.1) is 0 Å². The predicted octanol–water partition coefficient (Wildman–Crippen LogP) is 1.67. The summed E-state index contributed by atoms with van der Waals surface area (Å²) in [5.41, 5.74) is -0.256. The van der Waals surface area contributed by atoms with Gasteiger partial charge < -0.3 is 4.90 Å². The minimum atomic E-state index is -3.01. The summed E-state index contributed by atoms with van der Waals surface area (Å²) in [4.78, 5) is 17.4. The maximum atomic E-state index is 12.8. The van der Waals surface area contributed by atoms with Crippen LogP contribution in [0.1, 0.15) is 52.4 Å². The summed E-state index contributed by atoms with van der Waals surface area (Å²) < 4.78 is 23.2. The first-order valence-corrected chi connectivity index (χ1v) is 11.0. The second-order valence-corrected chi connectivity index (χ2v) is 10.4. The molecule has 1 amide bonds.